The van der Waals surface area contributed by atoms with Crippen molar-refractivity contribution in [3.05, 3.63) is 70.6 Å². The molecule has 1 aromatic heterocycles. The van der Waals surface area contributed by atoms with E-state index in [1.165, 1.54) is 5.56 Å². The van der Waals surface area contributed by atoms with Crippen molar-refractivity contribution in [2.45, 2.75) is 38.4 Å². The van der Waals surface area contributed by atoms with Crippen LogP contribution in [0, 0.1) is 0 Å². The number of phenols is 1. The maximum atomic E-state index is 12.5. The molecule has 2 aliphatic heterocycles. The minimum atomic E-state index is -0.0426. The summed E-state index contributed by atoms with van der Waals surface area (Å²) in [5.74, 6) is 0.569. The molecule has 2 aliphatic rings. The third kappa shape index (κ3) is 5.23. The van der Waals surface area contributed by atoms with Crippen LogP contribution in [0.2, 0.25) is 0 Å². The van der Waals surface area contributed by atoms with Gasteiger partial charge in [-0.25, -0.2) is 0 Å². The number of ether oxygens (including phenoxy) is 2. The first-order chi connectivity index (χ1) is 20.5. The lowest BCUT2D eigenvalue weighted by molar-refractivity contribution is 0.0339. The van der Waals surface area contributed by atoms with E-state index < -0.39 is 0 Å². The summed E-state index contributed by atoms with van der Waals surface area (Å²) < 4.78 is 12.7. The Morgan fingerprint density at radius 3 is 2.64 bits per heavy atom. The van der Waals surface area contributed by atoms with Crippen molar-refractivity contribution >= 4 is 27.7 Å². The van der Waals surface area contributed by atoms with Crippen LogP contribution in [-0.4, -0.2) is 78.9 Å². The molecule has 2 saturated heterocycles. The highest BCUT2D eigenvalue weighted by atomic mass is 32.1. The van der Waals surface area contributed by atoms with E-state index in [0.717, 1.165) is 71.1 Å². The number of aliphatic hydroxyl groups excluding tert-OH is 1. The number of phenolic OH excluding ortho intramolecular Hbond substituents is 1. The number of morpholine rings is 1. The predicted octanol–water partition coefficient (Wildman–Crippen LogP) is 6.11. The van der Waals surface area contributed by atoms with Crippen LogP contribution in [0.4, 0.5) is 0 Å². The number of rotatable bonds is 9. The van der Waals surface area contributed by atoms with E-state index >= 15 is 0 Å². The van der Waals surface area contributed by atoms with Gasteiger partial charge in [-0.05, 0) is 60.5 Å². The molecule has 6 rings (SSSR count). The number of aliphatic hydroxyl groups is 1. The fourth-order valence-electron chi connectivity index (χ4n) is 6.80. The number of aldehydes is 1. The normalized spacial score (nSPS) is 18.9. The topological polar surface area (TPSA) is 82.5 Å². The van der Waals surface area contributed by atoms with Crippen LogP contribution in [0.3, 0.4) is 0 Å². The lowest BCUT2D eigenvalue weighted by Crippen LogP contribution is -2.35. The van der Waals surface area contributed by atoms with Gasteiger partial charge in [0.25, 0.3) is 0 Å². The molecule has 0 radical (unpaired) electrons. The average Bonchev–Trinajstić information content (AvgIpc) is 3.68. The highest BCUT2D eigenvalue weighted by molar-refractivity contribution is 7.17. The number of likely N-dealkylation sites (tertiary alicyclic amines) is 1. The second-order valence-electron chi connectivity index (χ2n) is 11.2. The Morgan fingerprint density at radius 1 is 1.10 bits per heavy atom. The van der Waals surface area contributed by atoms with Gasteiger partial charge in [0.15, 0.2) is 6.29 Å². The van der Waals surface area contributed by atoms with Gasteiger partial charge in [0, 0.05) is 58.5 Å². The number of methoxy groups -OCH3 is 1. The van der Waals surface area contributed by atoms with Crippen molar-refractivity contribution < 1.29 is 24.5 Å². The molecule has 0 spiro atoms. The van der Waals surface area contributed by atoms with Crippen molar-refractivity contribution in [2.24, 2.45) is 0 Å². The number of hydrogen-bond donors (Lipinski definition) is 2. The molecule has 0 bridgehead atoms. The van der Waals surface area contributed by atoms with E-state index in [9.17, 15) is 15.0 Å². The molecular formula is C34H38N2O5S. The Balaban J connectivity index is 1.53. The van der Waals surface area contributed by atoms with Crippen LogP contribution in [0.15, 0.2) is 53.9 Å². The number of thiophene rings is 1. The zero-order chi connectivity index (χ0) is 29.2. The van der Waals surface area contributed by atoms with Crippen molar-refractivity contribution in [2.75, 3.05) is 46.6 Å². The zero-order valence-electron chi connectivity index (χ0n) is 24.2. The molecule has 3 heterocycles. The molecule has 3 aromatic carbocycles. The van der Waals surface area contributed by atoms with Gasteiger partial charge < -0.3 is 19.7 Å². The third-order valence-corrected chi connectivity index (χ3v) is 9.84. The Labute approximate surface area is 250 Å². The summed E-state index contributed by atoms with van der Waals surface area (Å²) in [6, 6.07) is 16.8. The van der Waals surface area contributed by atoms with Crippen LogP contribution in [0.25, 0.3) is 32.3 Å². The summed E-state index contributed by atoms with van der Waals surface area (Å²) >= 11 is 1.62. The molecular weight excluding hydrogens is 548 g/mol. The van der Waals surface area contributed by atoms with Gasteiger partial charge in [-0.15, -0.1) is 11.3 Å². The number of carbonyl (C=O) groups is 1. The highest BCUT2D eigenvalue weighted by Gasteiger charge is 2.31. The molecule has 1 unspecified atom stereocenters. The van der Waals surface area contributed by atoms with Crippen LogP contribution < -0.4 is 4.74 Å². The fourth-order valence-corrected chi connectivity index (χ4v) is 7.78. The van der Waals surface area contributed by atoms with Gasteiger partial charge in [-0.1, -0.05) is 36.4 Å². The predicted molar refractivity (Wildman–Crippen MR) is 168 cm³/mol. The summed E-state index contributed by atoms with van der Waals surface area (Å²) in [7, 11) is 1.63. The summed E-state index contributed by atoms with van der Waals surface area (Å²) in [6.45, 7) is 6.86. The Hall–Kier alpha value is -3.27. The molecule has 220 valence electrons. The lowest BCUT2D eigenvalue weighted by atomic mass is 9.88. The van der Waals surface area contributed by atoms with Crippen LogP contribution >= 0.6 is 11.3 Å². The Morgan fingerprint density at radius 2 is 1.88 bits per heavy atom. The first-order valence-electron chi connectivity index (χ1n) is 14.7. The molecule has 0 aliphatic carbocycles. The number of aromatic hydroxyl groups is 1. The second kappa shape index (κ2) is 12.5. The summed E-state index contributed by atoms with van der Waals surface area (Å²) in [5, 5.41) is 24.3. The number of hydrogen-bond acceptors (Lipinski definition) is 8. The van der Waals surface area contributed by atoms with Gasteiger partial charge in [-0.2, -0.15) is 0 Å². The minimum absolute atomic E-state index is 0.0426. The molecule has 42 heavy (non-hydrogen) atoms. The largest absolute Gasteiger partial charge is 0.507 e. The number of carbonyl (C=O) groups excluding carboxylic acids is 1. The van der Waals surface area contributed by atoms with Gasteiger partial charge in [0.1, 0.15) is 11.5 Å². The number of benzene rings is 3. The van der Waals surface area contributed by atoms with E-state index in [2.05, 4.69) is 64.6 Å². The maximum Gasteiger partial charge on any atom is 0.154 e. The van der Waals surface area contributed by atoms with Gasteiger partial charge in [-0.3, -0.25) is 14.6 Å². The second-order valence-corrected chi connectivity index (χ2v) is 12.1. The van der Waals surface area contributed by atoms with E-state index in [4.69, 9.17) is 9.47 Å². The van der Waals surface area contributed by atoms with Crippen molar-refractivity contribution in [1.29, 1.82) is 0 Å². The first kappa shape index (κ1) is 28.8. The average molecular weight is 587 g/mol. The van der Waals surface area contributed by atoms with Crippen LogP contribution in [-0.2, 0) is 11.3 Å². The smallest absolute Gasteiger partial charge is 0.154 e. The van der Waals surface area contributed by atoms with E-state index in [-0.39, 0.29) is 30.0 Å². The first-order valence-corrected chi connectivity index (χ1v) is 15.6. The number of nitrogens with zero attached hydrogens (tertiary/aromatic N) is 2. The molecule has 2 fully saturated rings. The van der Waals surface area contributed by atoms with Crippen molar-refractivity contribution in [3.8, 4) is 33.8 Å². The summed E-state index contributed by atoms with van der Waals surface area (Å²) in [5.41, 5.74) is 5.97. The molecule has 0 amide bonds. The quantitative estimate of drug-likeness (QED) is 0.229. The van der Waals surface area contributed by atoms with Crippen LogP contribution in [0.5, 0.6) is 11.5 Å². The fraction of sp³-hybridized carbons (Fsp3) is 0.382. The van der Waals surface area contributed by atoms with E-state index in [1.54, 1.807) is 24.5 Å². The van der Waals surface area contributed by atoms with E-state index in [1.807, 2.05) is 0 Å². The van der Waals surface area contributed by atoms with Gasteiger partial charge >= 0.3 is 0 Å². The van der Waals surface area contributed by atoms with Gasteiger partial charge in [0.05, 0.1) is 32.5 Å². The van der Waals surface area contributed by atoms with Crippen LogP contribution in [0.1, 0.15) is 47.3 Å². The summed E-state index contributed by atoms with van der Waals surface area (Å²) in [4.78, 5) is 17.2. The molecule has 0 saturated carbocycles. The van der Waals surface area contributed by atoms with Gasteiger partial charge in [0.2, 0.25) is 0 Å². The lowest BCUT2D eigenvalue weighted by Gasteiger charge is -2.31. The molecule has 2 N–H and O–H groups in total. The standard InChI is InChI=1S/C34H38N2O5S/c1-22(36-12-6-7-24(36)19-37)25-8-3-4-9-26(25)27-10-5-11-31-32(27)29(21-42-31)33-28(20-38)30(39)17-23(34(33)40-2)18-35-13-15-41-16-14-35/h3-5,8-11,17,20-22,24,37,39H,6-7,12-16,18-19H2,1-2H3/t22?,24-/m0/s1. The minimum Gasteiger partial charge on any atom is -0.507 e. The number of fused-ring (bicyclic) bond motifs is 1. The zero-order valence-corrected chi connectivity index (χ0v) is 25.0. The Bertz CT molecular complexity index is 1580. The van der Waals surface area contributed by atoms with E-state index in [0.29, 0.717) is 31.1 Å². The Kier molecular flexibility index (Phi) is 8.60. The van der Waals surface area contributed by atoms with Crippen molar-refractivity contribution in [3.63, 3.8) is 0 Å². The maximum absolute atomic E-state index is 12.5. The summed E-state index contributed by atoms with van der Waals surface area (Å²) in [6.07, 6.45) is 2.82. The SMILES string of the molecule is COc1c(CN2CCOCC2)cc(O)c(C=O)c1-c1csc2cccc(-c3ccccc3C(C)N3CCC[C@H]3CO)c12. The molecule has 8 heteroatoms. The highest BCUT2D eigenvalue weighted by Crippen LogP contribution is 2.48. The molecule has 7 nitrogen and oxygen atoms in total. The third-order valence-electron chi connectivity index (χ3n) is 8.90. The monoisotopic (exact) mass is 586 g/mol. The van der Waals surface area contributed by atoms with Crippen molar-refractivity contribution in [1.82, 2.24) is 9.80 Å². The molecule has 2 atom stereocenters. The molecule has 4 aromatic rings.